The van der Waals surface area contributed by atoms with Crippen LogP contribution in [0.25, 0.3) is 0 Å². The molecule has 3 aromatic rings. The number of nitrogens with one attached hydrogen (secondary N) is 1. The smallest absolute Gasteiger partial charge is 0.372 e. The maximum Gasteiger partial charge on any atom is 0.416 e. The van der Waals surface area contributed by atoms with Crippen LogP contribution in [-0.4, -0.2) is 32.7 Å². The Labute approximate surface area is 216 Å². The molecule has 5 nitrogen and oxygen atoms in total. The van der Waals surface area contributed by atoms with Gasteiger partial charge in [0.2, 0.25) is 0 Å². The fourth-order valence-electron chi connectivity index (χ4n) is 4.25. The maximum atomic E-state index is 13.2. The molecule has 2 heterocycles. The number of likely N-dealkylation sites (tertiary alicyclic amines) is 1. The lowest BCUT2D eigenvalue weighted by Crippen LogP contribution is -2.42. The van der Waals surface area contributed by atoms with Crippen LogP contribution in [0.15, 0.2) is 54.9 Å². The summed E-state index contributed by atoms with van der Waals surface area (Å²) in [7, 11) is 0. The van der Waals surface area contributed by atoms with Crippen LogP contribution in [-0.2, 0) is 30.2 Å². The predicted molar refractivity (Wildman–Crippen MR) is 125 cm³/mol. The van der Waals surface area contributed by atoms with E-state index in [2.05, 4.69) is 20.1 Å². The molecular formula is C23H24Cl2F6N4O. The molecule has 0 radical (unpaired) electrons. The second kappa shape index (κ2) is 12.3. The largest absolute Gasteiger partial charge is 0.416 e. The van der Waals surface area contributed by atoms with E-state index in [-0.39, 0.29) is 49.1 Å². The Bertz CT molecular complexity index is 1050. The number of aromatic amines is 1. The third-order valence-corrected chi connectivity index (χ3v) is 5.74. The first-order valence-electron chi connectivity index (χ1n) is 10.6. The average molecular weight is 557 g/mol. The molecule has 0 spiro atoms. The number of ether oxygens (including phenoxy) is 1. The molecule has 1 fully saturated rings. The van der Waals surface area contributed by atoms with Gasteiger partial charge in [0.1, 0.15) is 6.33 Å². The van der Waals surface area contributed by atoms with Gasteiger partial charge < -0.3 is 4.74 Å². The number of benzene rings is 2. The summed E-state index contributed by atoms with van der Waals surface area (Å²) in [5, 5.41) is 6.75. The average Bonchev–Trinajstić information content (AvgIpc) is 3.30. The fraction of sp³-hybridized carbons (Fsp3) is 0.391. The highest BCUT2D eigenvalue weighted by atomic mass is 35.5. The second-order valence-electron chi connectivity index (χ2n) is 8.15. The SMILES string of the molecule is Cl.Cl.FC(F)(F)c1cc(CO[C@H]2CCCN(Cc3nc[nH]n3)[C@H]2c2ccccc2)cc(C(F)(F)F)c1. The molecule has 0 aliphatic carbocycles. The van der Waals surface area contributed by atoms with Crippen LogP contribution in [0.1, 0.15) is 47.0 Å². The van der Waals surface area contributed by atoms with Gasteiger partial charge in [-0.05, 0) is 48.7 Å². The monoisotopic (exact) mass is 556 g/mol. The van der Waals surface area contributed by atoms with Crippen LogP contribution >= 0.6 is 24.8 Å². The van der Waals surface area contributed by atoms with Gasteiger partial charge in [0.05, 0.1) is 36.4 Å². The molecule has 0 unspecified atom stereocenters. The van der Waals surface area contributed by atoms with Crippen molar-refractivity contribution in [3.8, 4) is 0 Å². The van der Waals surface area contributed by atoms with Crippen molar-refractivity contribution < 1.29 is 31.1 Å². The highest BCUT2D eigenvalue weighted by Gasteiger charge is 2.38. The molecule has 198 valence electrons. The minimum absolute atomic E-state index is 0. The molecule has 4 rings (SSSR count). The summed E-state index contributed by atoms with van der Waals surface area (Å²) in [6, 6.07) is 10.7. The highest BCUT2D eigenvalue weighted by Crippen LogP contribution is 2.38. The Kier molecular flexibility index (Phi) is 10.2. The zero-order chi connectivity index (χ0) is 24.3. The molecule has 1 aromatic heterocycles. The topological polar surface area (TPSA) is 54.0 Å². The molecule has 2 aromatic carbocycles. The van der Waals surface area contributed by atoms with E-state index in [1.807, 2.05) is 30.3 Å². The first-order valence-corrected chi connectivity index (χ1v) is 10.6. The van der Waals surface area contributed by atoms with Gasteiger partial charge in [-0.25, -0.2) is 4.98 Å². The summed E-state index contributed by atoms with van der Waals surface area (Å²) in [5.41, 5.74) is -1.95. The normalized spacial score (nSPS) is 18.8. The summed E-state index contributed by atoms with van der Waals surface area (Å²) in [4.78, 5) is 6.27. The Balaban J connectivity index is 0.00000228. The van der Waals surface area contributed by atoms with E-state index in [0.717, 1.165) is 18.5 Å². The summed E-state index contributed by atoms with van der Waals surface area (Å²) >= 11 is 0. The molecule has 36 heavy (non-hydrogen) atoms. The zero-order valence-corrected chi connectivity index (χ0v) is 20.4. The number of halogens is 8. The molecule has 0 amide bonds. The van der Waals surface area contributed by atoms with Gasteiger partial charge in [-0.3, -0.25) is 10.00 Å². The lowest BCUT2D eigenvalue weighted by molar-refractivity contribution is -0.143. The molecule has 1 aliphatic heterocycles. The van der Waals surface area contributed by atoms with Crippen molar-refractivity contribution in [2.75, 3.05) is 6.54 Å². The number of hydrogen-bond acceptors (Lipinski definition) is 4. The van der Waals surface area contributed by atoms with Crippen molar-refractivity contribution in [1.82, 2.24) is 20.1 Å². The van der Waals surface area contributed by atoms with Crippen molar-refractivity contribution in [3.05, 3.63) is 82.9 Å². The molecule has 2 atom stereocenters. The van der Waals surface area contributed by atoms with Crippen LogP contribution in [0.2, 0.25) is 0 Å². The number of rotatable bonds is 6. The van der Waals surface area contributed by atoms with Gasteiger partial charge in [-0.1, -0.05) is 30.3 Å². The highest BCUT2D eigenvalue weighted by molar-refractivity contribution is 5.85. The Morgan fingerprint density at radius 1 is 0.944 bits per heavy atom. The summed E-state index contributed by atoms with van der Waals surface area (Å²) in [5.74, 6) is 0.578. The molecule has 13 heteroatoms. The molecule has 0 bridgehead atoms. The summed E-state index contributed by atoms with van der Waals surface area (Å²) < 4.78 is 85.3. The Morgan fingerprint density at radius 3 is 2.14 bits per heavy atom. The van der Waals surface area contributed by atoms with Crippen molar-refractivity contribution >= 4 is 24.8 Å². The van der Waals surface area contributed by atoms with Crippen LogP contribution in [0.4, 0.5) is 26.3 Å². The molecule has 0 saturated carbocycles. The number of hydrogen-bond donors (Lipinski definition) is 1. The van der Waals surface area contributed by atoms with E-state index >= 15 is 0 Å². The van der Waals surface area contributed by atoms with E-state index in [1.165, 1.54) is 6.33 Å². The fourth-order valence-corrected chi connectivity index (χ4v) is 4.25. The second-order valence-corrected chi connectivity index (χ2v) is 8.15. The quantitative estimate of drug-likeness (QED) is 0.347. The third-order valence-electron chi connectivity index (χ3n) is 5.74. The lowest BCUT2D eigenvalue weighted by Gasteiger charge is -2.41. The van der Waals surface area contributed by atoms with Gasteiger partial charge in [0, 0.05) is 0 Å². The zero-order valence-electron chi connectivity index (χ0n) is 18.7. The minimum Gasteiger partial charge on any atom is -0.372 e. The van der Waals surface area contributed by atoms with Gasteiger partial charge >= 0.3 is 12.4 Å². The van der Waals surface area contributed by atoms with Crippen molar-refractivity contribution in [2.24, 2.45) is 0 Å². The number of aromatic nitrogens is 3. The first-order chi connectivity index (χ1) is 16.1. The van der Waals surface area contributed by atoms with Gasteiger partial charge in [-0.15, -0.1) is 24.8 Å². The molecule has 1 N–H and O–H groups in total. The Hall–Kier alpha value is -2.34. The van der Waals surface area contributed by atoms with Crippen LogP contribution < -0.4 is 0 Å². The molecule has 1 saturated heterocycles. The van der Waals surface area contributed by atoms with Gasteiger partial charge in [0.15, 0.2) is 5.82 Å². The van der Waals surface area contributed by atoms with Crippen LogP contribution in [0, 0.1) is 0 Å². The summed E-state index contributed by atoms with van der Waals surface area (Å²) in [6.07, 6.45) is -7.43. The van der Waals surface area contributed by atoms with Crippen molar-refractivity contribution in [3.63, 3.8) is 0 Å². The number of alkyl halides is 6. The van der Waals surface area contributed by atoms with Crippen LogP contribution in [0.3, 0.4) is 0 Å². The molecule has 1 aliphatic rings. The lowest BCUT2D eigenvalue weighted by atomic mass is 9.92. The van der Waals surface area contributed by atoms with Gasteiger partial charge in [-0.2, -0.15) is 31.4 Å². The maximum absolute atomic E-state index is 13.2. The van der Waals surface area contributed by atoms with Crippen molar-refractivity contribution in [2.45, 2.75) is 50.5 Å². The number of piperidine rings is 1. The predicted octanol–water partition coefficient (Wildman–Crippen LogP) is 6.61. The first kappa shape index (κ1) is 29.9. The summed E-state index contributed by atoms with van der Waals surface area (Å²) in [6.45, 7) is 0.760. The number of H-pyrrole nitrogens is 1. The van der Waals surface area contributed by atoms with E-state index in [9.17, 15) is 26.3 Å². The number of nitrogens with zero attached hydrogens (tertiary/aromatic N) is 3. The Morgan fingerprint density at radius 2 is 1.58 bits per heavy atom. The van der Waals surface area contributed by atoms with E-state index < -0.39 is 29.6 Å². The van der Waals surface area contributed by atoms with E-state index in [0.29, 0.717) is 30.9 Å². The third kappa shape index (κ3) is 7.34. The molecular weight excluding hydrogens is 533 g/mol. The van der Waals surface area contributed by atoms with Crippen molar-refractivity contribution in [1.29, 1.82) is 0 Å². The van der Waals surface area contributed by atoms with E-state index in [1.54, 1.807) is 0 Å². The minimum atomic E-state index is -4.90. The standard InChI is InChI=1S/C23H22F6N4O.2ClH/c24-22(25,26)17-9-15(10-18(11-17)23(27,28)29)13-34-19-7-4-8-33(12-20-30-14-31-32-20)21(19)16-5-2-1-3-6-16;;/h1-3,5-6,9-11,14,19,21H,4,7-8,12-13H2,(H,30,31,32);2*1H/t19-,21-;;/m0../s1. The van der Waals surface area contributed by atoms with E-state index in [4.69, 9.17) is 4.74 Å². The van der Waals surface area contributed by atoms with Crippen LogP contribution in [0.5, 0.6) is 0 Å². The van der Waals surface area contributed by atoms with Gasteiger partial charge in [0.25, 0.3) is 0 Å².